The Balaban J connectivity index is 1.94. The predicted molar refractivity (Wildman–Crippen MR) is 74.5 cm³/mol. The van der Waals surface area contributed by atoms with Crippen LogP contribution >= 0.6 is 11.3 Å². The number of nitrogens with one attached hydrogen (secondary N) is 1. The molecule has 1 fully saturated rings. The van der Waals surface area contributed by atoms with Crippen LogP contribution in [0.5, 0.6) is 0 Å². The molecule has 1 unspecified atom stereocenters. The van der Waals surface area contributed by atoms with Gasteiger partial charge < -0.3 is 5.32 Å². The minimum atomic E-state index is 0.665. The summed E-state index contributed by atoms with van der Waals surface area (Å²) in [6.07, 6.45) is 11.8. The van der Waals surface area contributed by atoms with Crippen molar-refractivity contribution < 1.29 is 0 Å². The fraction of sp³-hybridized carbons (Fsp3) is 0.786. The quantitative estimate of drug-likeness (QED) is 0.809. The molecule has 2 rings (SSSR count). The van der Waals surface area contributed by atoms with Crippen molar-refractivity contribution in [3.63, 3.8) is 0 Å². The van der Waals surface area contributed by atoms with Gasteiger partial charge in [0.1, 0.15) is 0 Å². The number of thiazole rings is 1. The fourth-order valence-corrected chi connectivity index (χ4v) is 3.60. The molecular weight excluding hydrogens is 228 g/mol. The Bertz CT molecular complexity index is 289. The van der Waals surface area contributed by atoms with Crippen LogP contribution in [-0.2, 0) is 6.42 Å². The fourth-order valence-electron chi connectivity index (χ4n) is 2.94. The van der Waals surface area contributed by atoms with Crippen molar-refractivity contribution in [2.45, 2.75) is 57.9 Å². The number of hydrogen-bond donors (Lipinski definition) is 1. The molecule has 2 nitrogen and oxygen atoms in total. The summed E-state index contributed by atoms with van der Waals surface area (Å²) in [4.78, 5) is 5.62. The molecule has 17 heavy (non-hydrogen) atoms. The van der Waals surface area contributed by atoms with Gasteiger partial charge in [0.05, 0.1) is 5.51 Å². The molecule has 0 amide bonds. The highest BCUT2D eigenvalue weighted by molar-refractivity contribution is 7.09. The van der Waals surface area contributed by atoms with Crippen molar-refractivity contribution in [2.75, 3.05) is 6.54 Å². The lowest BCUT2D eigenvalue weighted by Crippen LogP contribution is -2.37. The summed E-state index contributed by atoms with van der Waals surface area (Å²) in [5.74, 6) is 0.875. The van der Waals surface area contributed by atoms with Gasteiger partial charge in [-0.2, -0.15) is 0 Å². The molecule has 96 valence electrons. The summed E-state index contributed by atoms with van der Waals surface area (Å²) in [7, 11) is 0. The molecule has 1 aromatic rings. The Morgan fingerprint density at radius 2 is 2.12 bits per heavy atom. The minimum absolute atomic E-state index is 0.665. The van der Waals surface area contributed by atoms with Crippen molar-refractivity contribution >= 4 is 11.3 Å². The SMILES string of the molecule is CCNC(Cc1cncs1)C1CCCCCC1. The molecule has 1 aliphatic rings. The maximum Gasteiger partial charge on any atom is 0.0794 e. The molecule has 3 heteroatoms. The Labute approximate surface area is 109 Å². The summed E-state index contributed by atoms with van der Waals surface area (Å²) in [5.41, 5.74) is 1.95. The molecule has 1 saturated carbocycles. The normalized spacial score (nSPS) is 20.1. The van der Waals surface area contributed by atoms with E-state index in [9.17, 15) is 0 Å². The summed E-state index contributed by atoms with van der Waals surface area (Å²) in [5, 5.41) is 3.70. The van der Waals surface area contributed by atoms with Crippen LogP contribution in [0.25, 0.3) is 0 Å². The first-order valence-electron chi connectivity index (χ1n) is 7.01. The minimum Gasteiger partial charge on any atom is -0.314 e. The molecule has 1 aliphatic carbocycles. The first-order valence-corrected chi connectivity index (χ1v) is 7.89. The van der Waals surface area contributed by atoms with E-state index in [-0.39, 0.29) is 0 Å². The zero-order valence-corrected chi connectivity index (χ0v) is 11.6. The van der Waals surface area contributed by atoms with Crippen LogP contribution in [0.1, 0.15) is 50.3 Å². The summed E-state index contributed by atoms with van der Waals surface area (Å²) < 4.78 is 0. The van der Waals surface area contributed by atoms with Crippen molar-refractivity contribution in [3.05, 3.63) is 16.6 Å². The average Bonchev–Trinajstić information content (AvgIpc) is 2.69. The van der Waals surface area contributed by atoms with Gasteiger partial charge in [0.2, 0.25) is 0 Å². The van der Waals surface area contributed by atoms with Crippen LogP contribution in [0.2, 0.25) is 0 Å². The second kappa shape index (κ2) is 7.12. The van der Waals surface area contributed by atoms with Crippen LogP contribution in [0, 0.1) is 5.92 Å². The first-order chi connectivity index (χ1) is 8.40. The Morgan fingerprint density at radius 3 is 2.71 bits per heavy atom. The Hall–Kier alpha value is -0.410. The van der Waals surface area contributed by atoms with Gasteiger partial charge in [0, 0.05) is 17.1 Å². The van der Waals surface area contributed by atoms with E-state index < -0.39 is 0 Å². The maximum absolute atomic E-state index is 4.19. The van der Waals surface area contributed by atoms with E-state index in [2.05, 4.69) is 17.2 Å². The van der Waals surface area contributed by atoms with Crippen LogP contribution < -0.4 is 5.32 Å². The lowest BCUT2D eigenvalue weighted by Gasteiger charge is -2.26. The van der Waals surface area contributed by atoms with E-state index in [0.29, 0.717) is 6.04 Å². The van der Waals surface area contributed by atoms with E-state index in [4.69, 9.17) is 0 Å². The number of aromatic nitrogens is 1. The monoisotopic (exact) mass is 252 g/mol. The molecule has 1 atom stereocenters. The van der Waals surface area contributed by atoms with Gasteiger partial charge in [-0.1, -0.05) is 32.6 Å². The lowest BCUT2D eigenvalue weighted by atomic mass is 9.89. The summed E-state index contributed by atoms with van der Waals surface area (Å²) in [6, 6.07) is 0.665. The zero-order chi connectivity index (χ0) is 11.9. The van der Waals surface area contributed by atoms with E-state index >= 15 is 0 Å². The standard InChI is InChI=1S/C14H24N2S/c1-2-16-14(9-13-10-15-11-17-13)12-7-5-3-4-6-8-12/h10-12,14,16H,2-9H2,1H3. The lowest BCUT2D eigenvalue weighted by molar-refractivity contribution is 0.322. The van der Waals surface area contributed by atoms with Crippen molar-refractivity contribution in [2.24, 2.45) is 5.92 Å². The van der Waals surface area contributed by atoms with Crippen LogP contribution in [0.4, 0.5) is 0 Å². The highest BCUT2D eigenvalue weighted by atomic mass is 32.1. The third-order valence-corrected chi connectivity index (χ3v) is 4.64. The molecule has 1 aromatic heterocycles. The highest BCUT2D eigenvalue weighted by Gasteiger charge is 2.22. The number of rotatable bonds is 5. The van der Waals surface area contributed by atoms with E-state index in [1.165, 1.54) is 49.8 Å². The highest BCUT2D eigenvalue weighted by Crippen LogP contribution is 2.27. The zero-order valence-electron chi connectivity index (χ0n) is 10.8. The second-order valence-electron chi connectivity index (χ2n) is 5.09. The molecule has 0 spiro atoms. The van der Waals surface area contributed by atoms with Gasteiger partial charge >= 0.3 is 0 Å². The molecule has 0 saturated heterocycles. The summed E-state index contributed by atoms with van der Waals surface area (Å²) in [6.45, 7) is 3.30. The number of likely N-dealkylation sites (N-methyl/N-ethyl adjacent to an activating group) is 1. The molecule has 1 N–H and O–H groups in total. The smallest absolute Gasteiger partial charge is 0.0794 e. The number of nitrogens with zero attached hydrogens (tertiary/aromatic N) is 1. The molecule has 0 aromatic carbocycles. The largest absolute Gasteiger partial charge is 0.314 e. The Morgan fingerprint density at radius 1 is 1.35 bits per heavy atom. The van der Waals surface area contributed by atoms with Crippen molar-refractivity contribution in [1.82, 2.24) is 10.3 Å². The predicted octanol–water partition coefficient (Wildman–Crippen LogP) is 3.63. The number of hydrogen-bond acceptors (Lipinski definition) is 3. The van der Waals surface area contributed by atoms with Gasteiger partial charge in [-0.3, -0.25) is 4.98 Å². The van der Waals surface area contributed by atoms with Crippen molar-refractivity contribution in [1.29, 1.82) is 0 Å². The second-order valence-corrected chi connectivity index (χ2v) is 6.06. The molecular formula is C14H24N2S. The van der Waals surface area contributed by atoms with Gasteiger partial charge in [0.25, 0.3) is 0 Å². The topological polar surface area (TPSA) is 24.9 Å². The van der Waals surface area contributed by atoms with E-state index in [1.54, 1.807) is 11.3 Å². The van der Waals surface area contributed by atoms with Gasteiger partial charge in [-0.25, -0.2) is 0 Å². The van der Waals surface area contributed by atoms with Gasteiger partial charge in [0.15, 0.2) is 0 Å². The molecule has 0 aliphatic heterocycles. The van der Waals surface area contributed by atoms with Crippen molar-refractivity contribution in [3.8, 4) is 0 Å². The third-order valence-electron chi connectivity index (χ3n) is 3.84. The van der Waals surface area contributed by atoms with Crippen LogP contribution in [0.15, 0.2) is 11.7 Å². The average molecular weight is 252 g/mol. The van der Waals surface area contributed by atoms with Gasteiger partial charge in [-0.05, 0) is 31.7 Å². The van der Waals surface area contributed by atoms with E-state index in [1.807, 2.05) is 11.7 Å². The first kappa shape index (κ1) is 13.0. The van der Waals surface area contributed by atoms with Crippen LogP contribution in [-0.4, -0.2) is 17.6 Å². The third kappa shape index (κ3) is 4.07. The van der Waals surface area contributed by atoms with Crippen LogP contribution in [0.3, 0.4) is 0 Å². The Kier molecular flexibility index (Phi) is 5.46. The molecule has 0 bridgehead atoms. The van der Waals surface area contributed by atoms with Gasteiger partial charge in [-0.15, -0.1) is 11.3 Å². The summed E-state index contributed by atoms with van der Waals surface area (Å²) >= 11 is 1.80. The van der Waals surface area contributed by atoms with E-state index in [0.717, 1.165) is 12.5 Å². The molecule has 0 radical (unpaired) electrons. The maximum atomic E-state index is 4.19. The molecule has 1 heterocycles.